The number of hydrogen-bond acceptors (Lipinski definition) is 2. The van der Waals surface area contributed by atoms with Gasteiger partial charge in [-0.2, -0.15) is 0 Å². The van der Waals surface area contributed by atoms with Gasteiger partial charge in [0.2, 0.25) is 0 Å². The molecule has 72 valence electrons. The Morgan fingerprint density at radius 1 is 1.46 bits per heavy atom. The number of hydrogen-bond donors (Lipinski definition) is 1. The third-order valence-electron chi connectivity index (χ3n) is 2.85. The lowest BCUT2D eigenvalue weighted by atomic mass is 9.97. The summed E-state index contributed by atoms with van der Waals surface area (Å²) in [5, 5.41) is 3.43. The zero-order chi connectivity index (χ0) is 9.10. The third-order valence-corrected chi connectivity index (χ3v) is 2.85. The number of aryl methyl sites for hydroxylation is 1. The van der Waals surface area contributed by atoms with Crippen LogP contribution in [0.15, 0.2) is 12.5 Å². The number of imidazole rings is 1. The highest BCUT2D eigenvalue weighted by Crippen LogP contribution is 2.24. The Labute approximate surface area is 79.2 Å². The summed E-state index contributed by atoms with van der Waals surface area (Å²) < 4.78 is 2.15. The lowest BCUT2D eigenvalue weighted by Gasteiger charge is -2.13. The van der Waals surface area contributed by atoms with Gasteiger partial charge in [-0.1, -0.05) is 0 Å². The van der Waals surface area contributed by atoms with Crippen LogP contribution in [0.1, 0.15) is 30.9 Å². The number of nitrogens with zero attached hydrogens (tertiary/aromatic N) is 2. The summed E-state index contributed by atoms with van der Waals surface area (Å²) in [6.07, 6.45) is 7.74. The molecule has 0 amide bonds. The second-order valence-corrected chi connectivity index (χ2v) is 3.81. The molecule has 0 aliphatic carbocycles. The summed E-state index contributed by atoms with van der Waals surface area (Å²) in [5.41, 5.74) is 1.39. The molecule has 1 aliphatic rings. The fourth-order valence-corrected chi connectivity index (χ4v) is 2.08. The SMILES string of the molecule is Cn1cncc1C1CCCNCC1. The van der Waals surface area contributed by atoms with Gasteiger partial charge >= 0.3 is 0 Å². The Bertz CT molecular complexity index is 259. The molecule has 3 heteroatoms. The van der Waals surface area contributed by atoms with Gasteiger partial charge in [0.25, 0.3) is 0 Å². The van der Waals surface area contributed by atoms with Crippen LogP contribution in [0.5, 0.6) is 0 Å². The van der Waals surface area contributed by atoms with Crippen molar-refractivity contribution in [2.45, 2.75) is 25.2 Å². The first-order valence-corrected chi connectivity index (χ1v) is 5.05. The van der Waals surface area contributed by atoms with Gasteiger partial charge in [-0.05, 0) is 32.4 Å². The summed E-state index contributed by atoms with van der Waals surface area (Å²) in [4.78, 5) is 4.17. The van der Waals surface area contributed by atoms with E-state index in [1.165, 1.54) is 31.5 Å². The smallest absolute Gasteiger partial charge is 0.0945 e. The molecular weight excluding hydrogens is 162 g/mol. The normalized spacial score (nSPS) is 24.2. The maximum atomic E-state index is 4.17. The Balaban J connectivity index is 2.10. The molecule has 0 saturated carbocycles. The van der Waals surface area contributed by atoms with Gasteiger partial charge in [0.05, 0.1) is 6.33 Å². The van der Waals surface area contributed by atoms with Crippen molar-refractivity contribution in [3.63, 3.8) is 0 Å². The van der Waals surface area contributed by atoms with Crippen LogP contribution >= 0.6 is 0 Å². The molecule has 3 nitrogen and oxygen atoms in total. The van der Waals surface area contributed by atoms with Crippen LogP contribution in [0.2, 0.25) is 0 Å². The molecule has 0 spiro atoms. The number of aromatic nitrogens is 2. The van der Waals surface area contributed by atoms with Gasteiger partial charge in [-0.25, -0.2) is 4.98 Å². The first kappa shape index (κ1) is 8.75. The standard InChI is InChI=1S/C10H17N3/c1-13-8-12-7-10(13)9-3-2-5-11-6-4-9/h7-9,11H,2-6H2,1H3. The summed E-state index contributed by atoms with van der Waals surface area (Å²) in [5.74, 6) is 0.711. The molecule has 0 aromatic carbocycles. The third kappa shape index (κ3) is 1.91. The summed E-state index contributed by atoms with van der Waals surface area (Å²) in [6, 6.07) is 0. The number of rotatable bonds is 1. The van der Waals surface area contributed by atoms with Crippen LogP contribution in [0.4, 0.5) is 0 Å². The van der Waals surface area contributed by atoms with Crippen LogP contribution in [0, 0.1) is 0 Å². The first-order valence-electron chi connectivity index (χ1n) is 5.05. The van der Waals surface area contributed by atoms with Gasteiger partial charge in [0.15, 0.2) is 0 Å². The van der Waals surface area contributed by atoms with Gasteiger partial charge < -0.3 is 9.88 Å². The molecule has 0 bridgehead atoms. The lowest BCUT2D eigenvalue weighted by Crippen LogP contribution is -2.14. The average molecular weight is 179 g/mol. The van der Waals surface area contributed by atoms with E-state index < -0.39 is 0 Å². The molecule has 1 aromatic heterocycles. The van der Waals surface area contributed by atoms with Crippen molar-refractivity contribution < 1.29 is 0 Å². The van der Waals surface area contributed by atoms with Gasteiger partial charge in [-0.15, -0.1) is 0 Å². The van der Waals surface area contributed by atoms with E-state index in [0.717, 1.165) is 6.54 Å². The first-order chi connectivity index (χ1) is 6.38. The minimum atomic E-state index is 0.711. The fraction of sp³-hybridized carbons (Fsp3) is 0.700. The van der Waals surface area contributed by atoms with Crippen molar-refractivity contribution in [1.29, 1.82) is 0 Å². The minimum Gasteiger partial charge on any atom is -0.337 e. The number of nitrogens with one attached hydrogen (secondary N) is 1. The maximum absolute atomic E-state index is 4.17. The summed E-state index contributed by atoms with van der Waals surface area (Å²) >= 11 is 0. The molecule has 1 aromatic rings. The molecular formula is C10H17N3. The highest BCUT2D eigenvalue weighted by atomic mass is 15.0. The molecule has 1 saturated heterocycles. The molecule has 1 aliphatic heterocycles. The van der Waals surface area contributed by atoms with E-state index in [1.807, 2.05) is 12.5 Å². The average Bonchev–Trinajstić information content (AvgIpc) is 2.43. The van der Waals surface area contributed by atoms with E-state index in [4.69, 9.17) is 0 Å². The molecule has 2 rings (SSSR count). The lowest BCUT2D eigenvalue weighted by molar-refractivity contribution is 0.572. The van der Waals surface area contributed by atoms with E-state index >= 15 is 0 Å². The monoisotopic (exact) mass is 179 g/mol. The fourth-order valence-electron chi connectivity index (χ4n) is 2.08. The van der Waals surface area contributed by atoms with E-state index in [2.05, 4.69) is 21.9 Å². The Hall–Kier alpha value is -0.830. The van der Waals surface area contributed by atoms with Gasteiger partial charge in [0.1, 0.15) is 0 Å². The summed E-state index contributed by atoms with van der Waals surface area (Å²) in [6.45, 7) is 2.32. The molecule has 0 radical (unpaired) electrons. The second kappa shape index (κ2) is 3.92. The highest BCUT2D eigenvalue weighted by Gasteiger charge is 2.16. The zero-order valence-corrected chi connectivity index (χ0v) is 8.16. The van der Waals surface area contributed by atoms with Crippen LogP contribution in [0.3, 0.4) is 0 Å². The second-order valence-electron chi connectivity index (χ2n) is 3.81. The maximum Gasteiger partial charge on any atom is 0.0945 e. The minimum absolute atomic E-state index is 0.711. The molecule has 1 atom stereocenters. The predicted octanol–water partition coefficient (Wildman–Crippen LogP) is 1.28. The molecule has 13 heavy (non-hydrogen) atoms. The van der Waals surface area contributed by atoms with Crippen LogP contribution in [0.25, 0.3) is 0 Å². The van der Waals surface area contributed by atoms with Crippen molar-refractivity contribution >= 4 is 0 Å². The zero-order valence-electron chi connectivity index (χ0n) is 8.16. The molecule has 1 N–H and O–H groups in total. The Morgan fingerprint density at radius 2 is 2.38 bits per heavy atom. The predicted molar refractivity (Wildman–Crippen MR) is 52.7 cm³/mol. The van der Waals surface area contributed by atoms with Crippen molar-refractivity contribution in [3.05, 3.63) is 18.2 Å². The van der Waals surface area contributed by atoms with Crippen molar-refractivity contribution in [2.24, 2.45) is 7.05 Å². The topological polar surface area (TPSA) is 29.9 Å². The van der Waals surface area contributed by atoms with Crippen molar-refractivity contribution in [1.82, 2.24) is 14.9 Å². The van der Waals surface area contributed by atoms with Gasteiger partial charge in [0, 0.05) is 24.9 Å². The summed E-state index contributed by atoms with van der Waals surface area (Å²) in [7, 11) is 2.08. The van der Waals surface area contributed by atoms with Crippen LogP contribution < -0.4 is 5.32 Å². The largest absolute Gasteiger partial charge is 0.337 e. The highest BCUT2D eigenvalue weighted by molar-refractivity contribution is 5.06. The van der Waals surface area contributed by atoms with Crippen molar-refractivity contribution in [3.8, 4) is 0 Å². The van der Waals surface area contributed by atoms with Crippen LogP contribution in [-0.2, 0) is 7.05 Å². The Morgan fingerprint density at radius 3 is 3.15 bits per heavy atom. The van der Waals surface area contributed by atoms with E-state index in [1.54, 1.807) is 0 Å². The molecule has 2 heterocycles. The molecule has 1 fully saturated rings. The van der Waals surface area contributed by atoms with Crippen molar-refractivity contribution in [2.75, 3.05) is 13.1 Å². The Kier molecular flexibility index (Phi) is 2.64. The van der Waals surface area contributed by atoms with Gasteiger partial charge in [-0.3, -0.25) is 0 Å². The van der Waals surface area contributed by atoms with E-state index in [-0.39, 0.29) is 0 Å². The molecule has 1 unspecified atom stereocenters. The van der Waals surface area contributed by atoms with E-state index in [9.17, 15) is 0 Å². The van der Waals surface area contributed by atoms with Crippen LogP contribution in [-0.4, -0.2) is 22.6 Å². The quantitative estimate of drug-likeness (QED) is 0.703. The van der Waals surface area contributed by atoms with E-state index in [0.29, 0.717) is 5.92 Å².